The number of alkyl halides is 3. The fourth-order valence-electron chi connectivity index (χ4n) is 3.26. The van der Waals surface area contributed by atoms with Gasteiger partial charge in [-0.2, -0.15) is 13.2 Å². The number of urea groups is 1. The first-order valence-corrected chi connectivity index (χ1v) is 9.13. The van der Waals surface area contributed by atoms with E-state index in [1.54, 1.807) is 18.2 Å². The van der Waals surface area contributed by atoms with E-state index in [2.05, 4.69) is 16.0 Å². The van der Waals surface area contributed by atoms with Crippen molar-refractivity contribution in [1.82, 2.24) is 10.6 Å². The Hall–Kier alpha value is -3.69. The van der Waals surface area contributed by atoms with Gasteiger partial charge >= 0.3 is 12.2 Å². The van der Waals surface area contributed by atoms with E-state index in [1.807, 2.05) is 0 Å². The van der Waals surface area contributed by atoms with Crippen LogP contribution in [0.15, 0.2) is 53.7 Å². The minimum Gasteiger partial charge on any atom is -0.497 e. The summed E-state index contributed by atoms with van der Waals surface area (Å²) >= 11 is 0. The van der Waals surface area contributed by atoms with Crippen molar-refractivity contribution in [3.8, 4) is 11.5 Å². The van der Waals surface area contributed by atoms with Crippen molar-refractivity contribution >= 4 is 17.6 Å². The Balaban J connectivity index is 1.98. The first kappa shape index (κ1) is 22.0. The fraction of sp³-hybridized carbons (Fsp3) is 0.238. The average Bonchev–Trinajstić information content (AvgIpc) is 2.72. The molecule has 0 saturated carbocycles. The maximum Gasteiger partial charge on any atom is 0.416 e. The highest BCUT2D eigenvalue weighted by Gasteiger charge is 2.34. The van der Waals surface area contributed by atoms with Gasteiger partial charge in [0.25, 0.3) is 5.91 Å². The Kier molecular flexibility index (Phi) is 6.09. The lowest BCUT2D eigenvalue weighted by atomic mass is 9.94. The van der Waals surface area contributed by atoms with E-state index in [1.165, 1.54) is 33.3 Å². The number of rotatable bonds is 5. The Labute approximate surface area is 176 Å². The summed E-state index contributed by atoms with van der Waals surface area (Å²) < 4.78 is 49.5. The minimum atomic E-state index is -4.55. The maximum absolute atomic E-state index is 13.0. The second-order valence-corrected chi connectivity index (χ2v) is 6.71. The summed E-state index contributed by atoms with van der Waals surface area (Å²) in [5.41, 5.74) is -0.0554. The molecule has 0 unspecified atom stereocenters. The molecule has 1 heterocycles. The molecule has 0 aliphatic carbocycles. The molecule has 3 N–H and O–H groups in total. The number of amides is 3. The van der Waals surface area contributed by atoms with Gasteiger partial charge in [-0.15, -0.1) is 0 Å². The third-order valence-electron chi connectivity index (χ3n) is 4.71. The van der Waals surface area contributed by atoms with Gasteiger partial charge in [0.2, 0.25) is 0 Å². The Morgan fingerprint density at radius 3 is 2.48 bits per heavy atom. The van der Waals surface area contributed by atoms with Crippen molar-refractivity contribution in [2.45, 2.75) is 19.1 Å². The van der Waals surface area contributed by atoms with Crippen LogP contribution in [0.5, 0.6) is 11.5 Å². The number of methoxy groups -OCH3 is 2. The molecule has 0 saturated heterocycles. The number of halogens is 3. The highest BCUT2D eigenvalue weighted by Crippen LogP contribution is 2.36. The summed E-state index contributed by atoms with van der Waals surface area (Å²) in [5, 5.41) is 7.65. The molecule has 2 aromatic carbocycles. The summed E-state index contributed by atoms with van der Waals surface area (Å²) in [4.78, 5) is 25.1. The van der Waals surface area contributed by atoms with Crippen LogP contribution in [0.3, 0.4) is 0 Å². The Morgan fingerprint density at radius 2 is 1.84 bits per heavy atom. The number of nitrogens with one attached hydrogen (secondary N) is 3. The molecular weight excluding hydrogens is 415 g/mol. The molecule has 0 spiro atoms. The molecule has 0 radical (unpaired) electrons. The van der Waals surface area contributed by atoms with E-state index in [4.69, 9.17) is 9.47 Å². The number of ether oxygens (including phenoxy) is 2. The first-order chi connectivity index (χ1) is 14.6. The zero-order valence-electron chi connectivity index (χ0n) is 16.9. The molecular formula is C21H20F3N3O4. The first-order valence-electron chi connectivity index (χ1n) is 9.13. The number of carbonyl (C=O) groups excluding carboxylic acids is 2. The van der Waals surface area contributed by atoms with Crippen molar-refractivity contribution in [3.63, 3.8) is 0 Å². The van der Waals surface area contributed by atoms with E-state index >= 15 is 0 Å². The predicted octanol–water partition coefficient (Wildman–Crippen LogP) is 3.99. The van der Waals surface area contributed by atoms with Crippen LogP contribution >= 0.6 is 0 Å². The van der Waals surface area contributed by atoms with E-state index in [-0.39, 0.29) is 17.0 Å². The second-order valence-electron chi connectivity index (χ2n) is 6.71. The number of carbonyl (C=O) groups is 2. The van der Waals surface area contributed by atoms with Crippen LogP contribution in [-0.2, 0) is 11.0 Å². The van der Waals surface area contributed by atoms with E-state index in [9.17, 15) is 22.8 Å². The average molecular weight is 435 g/mol. The van der Waals surface area contributed by atoms with Gasteiger partial charge in [0.1, 0.15) is 11.5 Å². The van der Waals surface area contributed by atoms with Gasteiger partial charge < -0.3 is 25.4 Å². The number of hydrogen-bond acceptors (Lipinski definition) is 4. The standard InChI is InChI=1S/C21H20F3N3O4/c1-11-17(19(28)26-13-6-4-5-12(9-13)21(22,23)24)18(27-20(29)25-11)15-8-7-14(30-2)10-16(15)31-3/h4-10,18H,1-3H3,(H,26,28)(H2,25,27,29)/t18-/m1/s1. The van der Waals surface area contributed by atoms with E-state index < -0.39 is 29.7 Å². The molecule has 1 aliphatic rings. The zero-order valence-corrected chi connectivity index (χ0v) is 16.9. The van der Waals surface area contributed by atoms with Gasteiger partial charge in [-0.3, -0.25) is 4.79 Å². The van der Waals surface area contributed by atoms with Gasteiger partial charge in [-0.05, 0) is 37.3 Å². The molecule has 3 amide bonds. The van der Waals surface area contributed by atoms with Gasteiger partial charge in [-0.25, -0.2) is 4.79 Å². The van der Waals surface area contributed by atoms with Gasteiger partial charge in [0.05, 0.1) is 31.4 Å². The van der Waals surface area contributed by atoms with Crippen molar-refractivity contribution < 1.29 is 32.2 Å². The summed E-state index contributed by atoms with van der Waals surface area (Å²) in [5.74, 6) is 0.201. The largest absolute Gasteiger partial charge is 0.497 e. The van der Waals surface area contributed by atoms with E-state index in [0.717, 1.165) is 12.1 Å². The van der Waals surface area contributed by atoms with Crippen LogP contribution in [0.1, 0.15) is 24.1 Å². The lowest BCUT2D eigenvalue weighted by Crippen LogP contribution is -2.46. The van der Waals surface area contributed by atoms with Crippen molar-refractivity contribution in [2.24, 2.45) is 0 Å². The molecule has 0 fully saturated rings. The molecule has 10 heteroatoms. The van der Waals surface area contributed by atoms with E-state index in [0.29, 0.717) is 17.1 Å². The molecule has 164 valence electrons. The number of benzene rings is 2. The third kappa shape index (κ3) is 4.73. The molecule has 1 atom stereocenters. The van der Waals surface area contributed by atoms with Crippen LogP contribution in [0.4, 0.5) is 23.7 Å². The second kappa shape index (κ2) is 8.58. The number of hydrogen-bond donors (Lipinski definition) is 3. The van der Waals surface area contributed by atoms with Crippen LogP contribution < -0.4 is 25.4 Å². The highest BCUT2D eigenvalue weighted by molar-refractivity contribution is 6.07. The molecule has 0 aromatic heterocycles. The summed E-state index contributed by atoms with van der Waals surface area (Å²) in [6.45, 7) is 1.53. The van der Waals surface area contributed by atoms with Gasteiger partial charge in [0.15, 0.2) is 0 Å². The monoisotopic (exact) mass is 435 g/mol. The molecule has 2 aromatic rings. The molecule has 1 aliphatic heterocycles. The lowest BCUT2D eigenvalue weighted by Gasteiger charge is -2.29. The SMILES string of the molecule is COc1ccc([C@H]2NC(=O)NC(C)=C2C(=O)Nc2cccc(C(F)(F)F)c2)c(OC)c1. The van der Waals surface area contributed by atoms with Crippen molar-refractivity contribution in [2.75, 3.05) is 19.5 Å². The minimum absolute atomic E-state index is 0.0301. The topological polar surface area (TPSA) is 88.7 Å². The molecule has 0 bridgehead atoms. The number of allylic oxidation sites excluding steroid dienone is 1. The molecule has 31 heavy (non-hydrogen) atoms. The third-order valence-corrected chi connectivity index (χ3v) is 4.71. The Bertz CT molecular complexity index is 1050. The van der Waals surface area contributed by atoms with Crippen molar-refractivity contribution in [3.05, 3.63) is 64.9 Å². The zero-order chi connectivity index (χ0) is 22.8. The van der Waals surface area contributed by atoms with Crippen LogP contribution in [0.25, 0.3) is 0 Å². The quantitative estimate of drug-likeness (QED) is 0.663. The fourth-order valence-corrected chi connectivity index (χ4v) is 3.26. The molecule has 3 rings (SSSR count). The number of anilines is 1. The van der Waals surface area contributed by atoms with Crippen LogP contribution in [-0.4, -0.2) is 26.2 Å². The Morgan fingerprint density at radius 1 is 1.10 bits per heavy atom. The van der Waals surface area contributed by atoms with Crippen LogP contribution in [0, 0.1) is 0 Å². The maximum atomic E-state index is 13.0. The summed E-state index contributed by atoms with van der Waals surface area (Å²) in [6, 6.07) is 7.74. The highest BCUT2D eigenvalue weighted by atomic mass is 19.4. The predicted molar refractivity (Wildman–Crippen MR) is 107 cm³/mol. The normalized spacial score (nSPS) is 16.3. The smallest absolute Gasteiger partial charge is 0.416 e. The lowest BCUT2D eigenvalue weighted by molar-refractivity contribution is -0.137. The molecule has 7 nitrogen and oxygen atoms in total. The van der Waals surface area contributed by atoms with Crippen molar-refractivity contribution in [1.29, 1.82) is 0 Å². The van der Waals surface area contributed by atoms with Gasteiger partial charge in [-0.1, -0.05) is 6.07 Å². The summed E-state index contributed by atoms with van der Waals surface area (Å²) in [7, 11) is 2.92. The van der Waals surface area contributed by atoms with Gasteiger partial charge in [0, 0.05) is 23.0 Å². The summed E-state index contributed by atoms with van der Waals surface area (Å²) in [6.07, 6.45) is -4.55. The van der Waals surface area contributed by atoms with Crippen LogP contribution in [0.2, 0.25) is 0 Å².